The Morgan fingerprint density at radius 1 is 1.17 bits per heavy atom. The molecule has 0 saturated heterocycles. The van der Waals surface area contributed by atoms with E-state index in [1.807, 2.05) is 0 Å². The average molecular weight is 369 g/mol. The number of primary sulfonamides is 1. The summed E-state index contributed by atoms with van der Waals surface area (Å²) in [6, 6.07) is 13.0. The van der Waals surface area contributed by atoms with Gasteiger partial charge in [0.1, 0.15) is 5.75 Å². The van der Waals surface area contributed by atoms with Gasteiger partial charge in [-0.3, -0.25) is 4.79 Å². The number of nitrogens with one attached hydrogen (secondary N) is 1. The molecular weight excluding hydrogens is 352 g/mol. The monoisotopic (exact) mass is 368 g/mol. The molecule has 2 rings (SSSR count). The van der Waals surface area contributed by atoms with Gasteiger partial charge in [-0.25, -0.2) is 13.6 Å². The van der Waals surface area contributed by atoms with E-state index in [0.717, 1.165) is 5.56 Å². The number of ether oxygens (including phenoxy) is 1. The van der Waals surface area contributed by atoms with Crippen LogP contribution in [0.1, 0.15) is 5.56 Å². The molecule has 0 aromatic heterocycles. The summed E-state index contributed by atoms with van der Waals surface area (Å²) in [4.78, 5) is 11.8. The van der Waals surface area contributed by atoms with E-state index in [-0.39, 0.29) is 17.4 Å². The van der Waals surface area contributed by atoms with E-state index < -0.39 is 10.0 Å². The van der Waals surface area contributed by atoms with Gasteiger partial charge < -0.3 is 10.1 Å². The normalized spacial score (nSPS) is 11.1. The fraction of sp³-hybridized carbons (Fsp3) is 0.188. The van der Waals surface area contributed by atoms with Crippen LogP contribution < -0.4 is 15.2 Å². The Labute approximate surface area is 145 Å². The van der Waals surface area contributed by atoms with Gasteiger partial charge in [0.05, 0.1) is 4.90 Å². The molecule has 2 aromatic rings. The van der Waals surface area contributed by atoms with Gasteiger partial charge in [0, 0.05) is 11.6 Å². The van der Waals surface area contributed by atoms with E-state index >= 15 is 0 Å². The summed E-state index contributed by atoms with van der Waals surface area (Å²) in [6.45, 7) is 0.303. The summed E-state index contributed by atoms with van der Waals surface area (Å²) in [5.74, 6) is 0.271. The summed E-state index contributed by atoms with van der Waals surface area (Å²) < 4.78 is 27.6. The summed E-state index contributed by atoms with van der Waals surface area (Å²) >= 11 is 5.82. The number of carbonyl (C=O) groups excluding carboxylic acids is 1. The van der Waals surface area contributed by atoms with Gasteiger partial charge in [0.2, 0.25) is 10.0 Å². The van der Waals surface area contributed by atoms with Crippen molar-refractivity contribution in [3.05, 3.63) is 59.1 Å². The highest BCUT2D eigenvalue weighted by Crippen LogP contribution is 2.16. The number of hydrogen-bond donors (Lipinski definition) is 2. The lowest BCUT2D eigenvalue weighted by Gasteiger charge is -2.08. The maximum atomic E-state index is 11.7. The number of halogens is 1. The summed E-state index contributed by atoms with van der Waals surface area (Å²) in [7, 11) is -3.69. The van der Waals surface area contributed by atoms with Gasteiger partial charge in [-0.1, -0.05) is 29.8 Å². The predicted octanol–water partition coefficient (Wildman–Crippen LogP) is 1.73. The molecule has 128 valence electrons. The number of rotatable bonds is 7. The minimum absolute atomic E-state index is 0.0604. The molecule has 0 fully saturated rings. The van der Waals surface area contributed by atoms with Crippen LogP contribution in [0.15, 0.2) is 53.4 Å². The number of carbonyl (C=O) groups is 1. The van der Waals surface area contributed by atoms with Crippen molar-refractivity contribution >= 4 is 27.5 Å². The lowest BCUT2D eigenvalue weighted by atomic mass is 10.1. The predicted molar refractivity (Wildman–Crippen MR) is 91.5 cm³/mol. The summed E-state index contributed by atoms with van der Waals surface area (Å²) in [5.41, 5.74) is 0.887. The molecule has 0 aliphatic heterocycles. The third-order valence-corrected chi connectivity index (χ3v) is 4.32. The van der Waals surface area contributed by atoms with Crippen LogP contribution in [0.4, 0.5) is 0 Å². The van der Waals surface area contributed by atoms with Gasteiger partial charge >= 0.3 is 0 Å². The number of sulfonamides is 1. The van der Waals surface area contributed by atoms with Crippen molar-refractivity contribution in [2.45, 2.75) is 11.3 Å². The largest absolute Gasteiger partial charge is 0.484 e. The molecule has 0 saturated carbocycles. The van der Waals surface area contributed by atoms with Crippen LogP contribution >= 0.6 is 11.6 Å². The Kier molecular flexibility index (Phi) is 6.19. The second kappa shape index (κ2) is 8.14. The lowest BCUT2D eigenvalue weighted by Crippen LogP contribution is -2.30. The molecule has 0 aliphatic carbocycles. The van der Waals surface area contributed by atoms with Gasteiger partial charge in [-0.15, -0.1) is 0 Å². The van der Waals surface area contributed by atoms with Crippen LogP contribution in [0.25, 0.3) is 0 Å². The Morgan fingerprint density at radius 2 is 1.88 bits per heavy atom. The van der Waals surface area contributed by atoms with E-state index in [4.69, 9.17) is 21.5 Å². The molecule has 1 amide bonds. The van der Waals surface area contributed by atoms with E-state index in [1.165, 1.54) is 12.1 Å². The van der Waals surface area contributed by atoms with Crippen molar-refractivity contribution in [2.24, 2.45) is 5.14 Å². The molecular formula is C16H17ClN2O4S. The maximum absolute atomic E-state index is 11.7. The van der Waals surface area contributed by atoms with Crippen molar-refractivity contribution in [3.63, 3.8) is 0 Å². The molecule has 24 heavy (non-hydrogen) atoms. The molecule has 0 atom stereocenters. The Hall–Kier alpha value is -2.09. The van der Waals surface area contributed by atoms with Gasteiger partial charge in [0.25, 0.3) is 5.91 Å². The molecule has 0 spiro atoms. The number of hydrogen-bond acceptors (Lipinski definition) is 4. The molecule has 0 unspecified atom stereocenters. The standard InChI is InChI=1S/C16H17ClN2O4S/c17-13-2-1-3-14(10-13)23-11-16(20)19-9-8-12-4-6-15(7-5-12)24(18,21)22/h1-7,10H,8-9,11H2,(H,19,20)(H2,18,21,22). The fourth-order valence-electron chi connectivity index (χ4n) is 1.95. The quantitative estimate of drug-likeness (QED) is 0.777. The third kappa shape index (κ3) is 5.84. The van der Waals surface area contributed by atoms with Crippen LogP contribution in [-0.4, -0.2) is 27.5 Å². The van der Waals surface area contributed by atoms with Crippen LogP contribution in [0.3, 0.4) is 0 Å². The molecule has 0 bridgehead atoms. The first-order valence-corrected chi connectivity index (χ1v) is 9.04. The smallest absolute Gasteiger partial charge is 0.257 e. The first-order chi connectivity index (χ1) is 11.3. The third-order valence-electron chi connectivity index (χ3n) is 3.15. The van der Waals surface area contributed by atoms with Crippen molar-refractivity contribution in [1.29, 1.82) is 0 Å². The molecule has 0 radical (unpaired) electrons. The van der Waals surface area contributed by atoms with Crippen molar-refractivity contribution in [1.82, 2.24) is 5.32 Å². The minimum atomic E-state index is -3.69. The number of amides is 1. The Morgan fingerprint density at radius 3 is 2.50 bits per heavy atom. The molecule has 3 N–H and O–H groups in total. The average Bonchev–Trinajstić information content (AvgIpc) is 2.53. The topological polar surface area (TPSA) is 98.5 Å². The van der Waals surface area contributed by atoms with Crippen molar-refractivity contribution in [3.8, 4) is 5.75 Å². The zero-order valence-electron chi connectivity index (χ0n) is 12.7. The fourth-order valence-corrected chi connectivity index (χ4v) is 2.64. The summed E-state index contributed by atoms with van der Waals surface area (Å²) in [6.07, 6.45) is 0.563. The summed E-state index contributed by atoms with van der Waals surface area (Å²) in [5, 5.41) is 8.29. The lowest BCUT2D eigenvalue weighted by molar-refractivity contribution is -0.123. The van der Waals surface area contributed by atoms with Gasteiger partial charge in [-0.05, 0) is 42.3 Å². The minimum Gasteiger partial charge on any atom is -0.484 e. The maximum Gasteiger partial charge on any atom is 0.257 e. The van der Waals surface area contributed by atoms with Crippen LogP contribution in [-0.2, 0) is 21.2 Å². The first-order valence-electron chi connectivity index (χ1n) is 7.11. The Balaban J connectivity index is 1.74. The van der Waals surface area contributed by atoms with E-state index in [1.54, 1.807) is 36.4 Å². The second-order valence-corrected chi connectivity index (χ2v) is 7.03. The van der Waals surface area contributed by atoms with Crippen molar-refractivity contribution < 1.29 is 17.9 Å². The molecule has 2 aromatic carbocycles. The highest BCUT2D eigenvalue weighted by Gasteiger charge is 2.07. The molecule has 8 heteroatoms. The molecule has 0 heterocycles. The van der Waals surface area contributed by atoms with Crippen molar-refractivity contribution in [2.75, 3.05) is 13.2 Å². The van der Waals surface area contributed by atoms with Crippen LogP contribution in [0.5, 0.6) is 5.75 Å². The Bertz CT molecular complexity index is 807. The van der Waals surface area contributed by atoms with Crippen LogP contribution in [0.2, 0.25) is 5.02 Å². The van der Waals surface area contributed by atoms with Gasteiger partial charge in [-0.2, -0.15) is 0 Å². The van der Waals surface area contributed by atoms with E-state index in [2.05, 4.69) is 5.32 Å². The highest BCUT2D eigenvalue weighted by molar-refractivity contribution is 7.89. The van der Waals surface area contributed by atoms with E-state index in [0.29, 0.717) is 23.7 Å². The number of nitrogens with two attached hydrogens (primary N) is 1. The SMILES string of the molecule is NS(=O)(=O)c1ccc(CCNC(=O)COc2cccc(Cl)c2)cc1. The first kappa shape index (κ1) is 18.3. The second-order valence-electron chi connectivity index (χ2n) is 5.03. The molecule has 6 nitrogen and oxygen atoms in total. The van der Waals surface area contributed by atoms with Crippen LogP contribution in [0, 0.1) is 0 Å². The van der Waals surface area contributed by atoms with E-state index in [9.17, 15) is 13.2 Å². The highest BCUT2D eigenvalue weighted by atomic mass is 35.5. The molecule has 0 aliphatic rings. The zero-order chi connectivity index (χ0) is 17.6. The zero-order valence-corrected chi connectivity index (χ0v) is 14.3. The van der Waals surface area contributed by atoms with Gasteiger partial charge in [0.15, 0.2) is 6.61 Å². The number of benzene rings is 2.